The van der Waals surface area contributed by atoms with Crippen LogP contribution in [0.2, 0.25) is 0 Å². The van der Waals surface area contributed by atoms with E-state index in [9.17, 15) is 4.39 Å². The first-order valence-corrected chi connectivity index (χ1v) is 6.48. The number of hydrogen-bond donors (Lipinski definition) is 1. The number of tetrazole rings is 1. The van der Waals surface area contributed by atoms with Crippen LogP contribution in [0.5, 0.6) is 0 Å². The Morgan fingerprint density at radius 2 is 1.95 bits per heavy atom. The minimum atomic E-state index is -0.293. The van der Waals surface area contributed by atoms with Gasteiger partial charge in [-0.25, -0.2) is 4.39 Å². The van der Waals surface area contributed by atoms with Gasteiger partial charge in [0, 0.05) is 16.8 Å². The van der Waals surface area contributed by atoms with E-state index in [1.165, 1.54) is 10.7 Å². The fourth-order valence-electron chi connectivity index (χ4n) is 2.22. The second kappa shape index (κ2) is 4.97. The molecule has 0 saturated carbocycles. The molecule has 0 spiro atoms. The number of rotatable bonds is 2. The summed E-state index contributed by atoms with van der Waals surface area (Å²) in [6.07, 6.45) is 0. The molecule has 2 aromatic carbocycles. The van der Waals surface area contributed by atoms with Crippen molar-refractivity contribution in [3.05, 3.63) is 53.3 Å². The Labute approximate surface area is 121 Å². The number of nitrogen functional groups attached to an aromatic ring is 1. The summed E-state index contributed by atoms with van der Waals surface area (Å²) in [4.78, 5) is 0. The highest BCUT2D eigenvalue weighted by Crippen LogP contribution is 2.26. The molecule has 1 aromatic heterocycles. The van der Waals surface area contributed by atoms with Crippen molar-refractivity contribution in [3.8, 4) is 17.1 Å². The number of nitrogens with two attached hydrogens (primary N) is 1. The highest BCUT2D eigenvalue weighted by atomic mass is 19.1. The van der Waals surface area contributed by atoms with Crippen LogP contribution in [0, 0.1) is 19.7 Å². The van der Waals surface area contributed by atoms with Crippen LogP contribution in [-0.4, -0.2) is 20.2 Å². The van der Waals surface area contributed by atoms with Gasteiger partial charge in [-0.15, -0.1) is 5.10 Å². The summed E-state index contributed by atoms with van der Waals surface area (Å²) in [5.74, 6) is 0.242. The van der Waals surface area contributed by atoms with Crippen LogP contribution >= 0.6 is 0 Å². The number of anilines is 1. The first-order valence-electron chi connectivity index (χ1n) is 6.48. The molecule has 21 heavy (non-hydrogen) atoms. The van der Waals surface area contributed by atoms with Crippen molar-refractivity contribution < 1.29 is 4.39 Å². The molecule has 0 amide bonds. The molecule has 0 radical (unpaired) electrons. The van der Waals surface area contributed by atoms with Crippen molar-refractivity contribution in [3.63, 3.8) is 0 Å². The predicted octanol–water partition coefficient (Wildman–Crippen LogP) is 2.67. The highest BCUT2D eigenvalue weighted by Gasteiger charge is 2.15. The zero-order valence-electron chi connectivity index (χ0n) is 11.7. The largest absolute Gasteiger partial charge is 0.399 e. The first kappa shape index (κ1) is 13.2. The summed E-state index contributed by atoms with van der Waals surface area (Å²) >= 11 is 0. The van der Waals surface area contributed by atoms with Gasteiger partial charge in [0.1, 0.15) is 5.82 Å². The monoisotopic (exact) mass is 283 g/mol. The van der Waals surface area contributed by atoms with Gasteiger partial charge in [-0.2, -0.15) is 4.68 Å². The lowest BCUT2D eigenvalue weighted by atomic mass is 10.1. The number of hydrogen-bond acceptors (Lipinski definition) is 4. The van der Waals surface area contributed by atoms with Crippen LogP contribution in [0.4, 0.5) is 10.1 Å². The topological polar surface area (TPSA) is 69.6 Å². The van der Waals surface area contributed by atoms with E-state index in [1.54, 1.807) is 19.1 Å². The summed E-state index contributed by atoms with van der Waals surface area (Å²) < 4.78 is 15.3. The number of nitrogens with zero attached hydrogens (tertiary/aromatic N) is 4. The van der Waals surface area contributed by atoms with Crippen molar-refractivity contribution in [1.82, 2.24) is 20.2 Å². The van der Waals surface area contributed by atoms with Crippen molar-refractivity contribution in [1.29, 1.82) is 0 Å². The van der Waals surface area contributed by atoms with Crippen LogP contribution < -0.4 is 5.73 Å². The molecule has 0 aliphatic carbocycles. The second-order valence-corrected chi connectivity index (χ2v) is 4.87. The van der Waals surface area contributed by atoms with E-state index in [1.807, 2.05) is 25.1 Å². The van der Waals surface area contributed by atoms with Gasteiger partial charge in [-0.3, -0.25) is 0 Å². The third-order valence-electron chi connectivity index (χ3n) is 3.44. The Hall–Kier alpha value is -2.76. The van der Waals surface area contributed by atoms with E-state index < -0.39 is 0 Å². The third kappa shape index (κ3) is 2.24. The second-order valence-electron chi connectivity index (χ2n) is 4.87. The number of aromatic nitrogens is 4. The number of aryl methyl sites for hydroxylation is 1. The van der Waals surface area contributed by atoms with Gasteiger partial charge >= 0.3 is 0 Å². The SMILES string of the molecule is Cc1ccc(N)cc1-c1nnnn1-c1cccc(F)c1C. The summed E-state index contributed by atoms with van der Waals surface area (Å²) in [6.45, 7) is 3.65. The van der Waals surface area contributed by atoms with Gasteiger partial charge in [0.15, 0.2) is 5.82 Å². The van der Waals surface area contributed by atoms with E-state index in [0.29, 0.717) is 22.8 Å². The smallest absolute Gasteiger partial charge is 0.187 e. The lowest BCUT2D eigenvalue weighted by Gasteiger charge is -2.10. The van der Waals surface area contributed by atoms with Crippen molar-refractivity contribution in [2.45, 2.75) is 13.8 Å². The fraction of sp³-hybridized carbons (Fsp3) is 0.133. The molecular formula is C15H14FN5. The van der Waals surface area contributed by atoms with Gasteiger partial charge < -0.3 is 5.73 Å². The lowest BCUT2D eigenvalue weighted by molar-refractivity contribution is 0.614. The van der Waals surface area contributed by atoms with E-state index in [4.69, 9.17) is 5.73 Å². The lowest BCUT2D eigenvalue weighted by Crippen LogP contribution is -2.04. The quantitative estimate of drug-likeness (QED) is 0.734. The molecule has 3 rings (SSSR count). The molecule has 2 N–H and O–H groups in total. The molecule has 0 aliphatic heterocycles. The molecule has 106 valence electrons. The van der Waals surface area contributed by atoms with Crippen molar-refractivity contribution in [2.75, 3.05) is 5.73 Å². The van der Waals surface area contributed by atoms with Gasteiger partial charge in [-0.1, -0.05) is 12.1 Å². The van der Waals surface area contributed by atoms with Gasteiger partial charge in [-0.05, 0) is 54.1 Å². The Kier molecular flexibility index (Phi) is 3.13. The normalized spacial score (nSPS) is 10.8. The number of halogens is 1. The Morgan fingerprint density at radius 3 is 2.76 bits per heavy atom. The molecule has 0 aliphatic rings. The molecule has 6 heteroatoms. The zero-order valence-corrected chi connectivity index (χ0v) is 11.7. The third-order valence-corrected chi connectivity index (χ3v) is 3.44. The Bertz CT molecular complexity index is 793. The molecule has 0 atom stereocenters. The molecule has 1 heterocycles. The van der Waals surface area contributed by atoms with Crippen molar-refractivity contribution >= 4 is 5.69 Å². The van der Waals surface area contributed by atoms with E-state index >= 15 is 0 Å². The molecule has 5 nitrogen and oxygen atoms in total. The summed E-state index contributed by atoms with van der Waals surface area (Å²) in [5.41, 5.74) is 9.38. The van der Waals surface area contributed by atoms with Gasteiger partial charge in [0.25, 0.3) is 0 Å². The highest BCUT2D eigenvalue weighted by molar-refractivity contribution is 5.66. The maximum atomic E-state index is 13.7. The fourth-order valence-corrected chi connectivity index (χ4v) is 2.22. The minimum absolute atomic E-state index is 0.293. The molecule has 0 bridgehead atoms. The van der Waals surface area contributed by atoms with E-state index in [0.717, 1.165) is 11.1 Å². The molecular weight excluding hydrogens is 269 g/mol. The first-order chi connectivity index (χ1) is 10.1. The summed E-state index contributed by atoms with van der Waals surface area (Å²) in [6, 6.07) is 10.4. The van der Waals surface area contributed by atoms with Gasteiger partial charge in [0.05, 0.1) is 5.69 Å². The van der Waals surface area contributed by atoms with Crippen LogP contribution in [0.1, 0.15) is 11.1 Å². The molecule has 0 fully saturated rings. The van der Waals surface area contributed by atoms with Crippen molar-refractivity contribution in [2.24, 2.45) is 0 Å². The summed E-state index contributed by atoms with van der Waals surface area (Å²) in [5, 5.41) is 11.8. The van der Waals surface area contributed by atoms with Crippen LogP contribution in [0.25, 0.3) is 17.1 Å². The van der Waals surface area contributed by atoms with Crippen LogP contribution in [-0.2, 0) is 0 Å². The van der Waals surface area contributed by atoms with Crippen LogP contribution in [0.3, 0.4) is 0 Å². The molecule has 0 saturated heterocycles. The molecule has 3 aromatic rings. The predicted molar refractivity (Wildman–Crippen MR) is 78.4 cm³/mol. The average molecular weight is 283 g/mol. The maximum absolute atomic E-state index is 13.7. The number of benzene rings is 2. The van der Waals surface area contributed by atoms with Gasteiger partial charge in [0.2, 0.25) is 0 Å². The minimum Gasteiger partial charge on any atom is -0.399 e. The molecule has 0 unspecified atom stereocenters. The average Bonchev–Trinajstić information content (AvgIpc) is 2.93. The standard InChI is InChI=1S/C15H14FN5/c1-9-6-7-11(17)8-12(9)15-18-19-20-21(15)14-5-3-4-13(16)10(14)2/h3-8H,17H2,1-2H3. The maximum Gasteiger partial charge on any atom is 0.187 e. The summed E-state index contributed by atoms with van der Waals surface area (Å²) in [7, 11) is 0. The van der Waals surface area contributed by atoms with E-state index in [2.05, 4.69) is 15.5 Å². The van der Waals surface area contributed by atoms with E-state index in [-0.39, 0.29) is 5.82 Å². The Balaban J connectivity index is 2.22. The zero-order chi connectivity index (χ0) is 15.0. The van der Waals surface area contributed by atoms with Crippen LogP contribution in [0.15, 0.2) is 36.4 Å². The Morgan fingerprint density at radius 1 is 1.14 bits per heavy atom.